The number of nitrogen functional groups attached to an aromatic ring is 1. The molecule has 0 bridgehead atoms. The lowest BCUT2D eigenvalue weighted by Gasteiger charge is -2.09. The smallest absolute Gasteiger partial charge is 0.281 e. The van der Waals surface area contributed by atoms with Crippen molar-refractivity contribution < 1.29 is 14.3 Å². The zero-order valence-electron chi connectivity index (χ0n) is 13.1. The zero-order chi connectivity index (χ0) is 17.1. The van der Waals surface area contributed by atoms with Crippen LogP contribution in [0, 0.1) is 0 Å². The van der Waals surface area contributed by atoms with Crippen LogP contribution in [0.3, 0.4) is 0 Å². The first kappa shape index (κ1) is 15.5. The molecule has 2 N–H and O–H groups in total. The van der Waals surface area contributed by atoms with Crippen molar-refractivity contribution in [2.45, 2.75) is 0 Å². The molecule has 24 heavy (non-hydrogen) atoms. The van der Waals surface area contributed by atoms with Crippen LogP contribution in [0.15, 0.2) is 42.7 Å². The number of rotatable bonds is 4. The number of aromatic nitrogens is 4. The second-order valence-corrected chi connectivity index (χ2v) is 4.82. The van der Waals surface area contributed by atoms with Gasteiger partial charge >= 0.3 is 0 Å². The molecule has 2 heterocycles. The van der Waals surface area contributed by atoms with Gasteiger partial charge in [0.05, 0.1) is 14.2 Å². The van der Waals surface area contributed by atoms with Gasteiger partial charge in [0.1, 0.15) is 0 Å². The molecule has 0 fully saturated rings. The predicted molar refractivity (Wildman–Crippen MR) is 86.9 cm³/mol. The van der Waals surface area contributed by atoms with E-state index in [1.165, 1.54) is 14.2 Å². The highest BCUT2D eigenvalue weighted by Gasteiger charge is 2.18. The predicted octanol–water partition coefficient (Wildman–Crippen LogP) is 1.63. The molecular weight excluding hydrogens is 310 g/mol. The summed E-state index contributed by atoms with van der Waals surface area (Å²) < 4.78 is 11.4. The fourth-order valence-electron chi connectivity index (χ4n) is 2.18. The van der Waals surface area contributed by atoms with Crippen molar-refractivity contribution in [1.29, 1.82) is 0 Å². The van der Waals surface area contributed by atoms with Crippen LogP contribution in [0.5, 0.6) is 11.5 Å². The Morgan fingerprint density at radius 2 is 1.96 bits per heavy atom. The summed E-state index contributed by atoms with van der Waals surface area (Å²) >= 11 is 0. The van der Waals surface area contributed by atoms with Gasteiger partial charge in [-0.2, -0.15) is 9.67 Å². The van der Waals surface area contributed by atoms with Gasteiger partial charge in [-0.05, 0) is 30.3 Å². The topological polar surface area (TPSA) is 105 Å². The first-order chi connectivity index (χ1) is 11.6. The molecule has 0 unspecified atom stereocenters. The van der Waals surface area contributed by atoms with Crippen molar-refractivity contribution in [3.05, 3.63) is 48.3 Å². The Morgan fingerprint density at radius 3 is 2.62 bits per heavy atom. The van der Waals surface area contributed by atoms with E-state index in [9.17, 15) is 4.79 Å². The summed E-state index contributed by atoms with van der Waals surface area (Å²) in [5, 5.41) is 4.17. The lowest BCUT2D eigenvalue weighted by molar-refractivity contribution is 0.0947. The summed E-state index contributed by atoms with van der Waals surface area (Å²) in [4.78, 5) is 20.8. The minimum absolute atomic E-state index is 0.00589. The summed E-state index contributed by atoms with van der Waals surface area (Å²) in [6.07, 6.45) is 3.23. The van der Waals surface area contributed by atoms with Crippen LogP contribution in [0.4, 0.5) is 5.95 Å². The first-order valence-corrected chi connectivity index (χ1v) is 7.03. The van der Waals surface area contributed by atoms with E-state index >= 15 is 0 Å². The average molecular weight is 325 g/mol. The minimum atomic E-state index is -0.420. The second kappa shape index (κ2) is 6.37. The highest BCUT2D eigenvalue weighted by Crippen LogP contribution is 2.28. The largest absolute Gasteiger partial charge is 0.493 e. The lowest BCUT2D eigenvalue weighted by Crippen LogP contribution is -2.16. The summed E-state index contributed by atoms with van der Waals surface area (Å²) in [5.41, 5.74) is 6.85. The van der Waals surface area contributed by atoms with E-state index in [0.717, 1.165) is 4.68 Å². The zero-order valence-corrected chi connectivity index (χ0v) is 13.1. The molecule has 0 spiro atoms. The Kier molecular flexibility index (Phi) is 4.11. The number of pyridine rings is 1. The Bertz CT molecular complexity index is 877. The molecule has 0 aliphatic carbocycles. The number of nitrogens with zero attached hydrogens (tertiary/aromatic N) is 4. The fourth-order valence-corrected chi connectivity index (χ4v) is 2.18. The molecule has 0 amide bonds. The highest BCUT2D eigenvalue weighted by atomic mass is 16.5. The first-order valence-electron chi connectivity index (χ1n) is 7.03. The number of nitrogens with two attached hydrogens (primary N) is 1. The van der Waals surface area contributed by atoms with Gasteiger partial charge in [-0.15, -0.1) is 5.10 Å². The Labute approximate surface area is 137 Å². The number of ether oxygens (including phenoxy) is 2. The molecule has 3 rings (SSSR count). The SMILES string of the molecule is COc1ccc(C(=O)n2nc(-c3cccnc3)nc2N)cc1OC. The van der Waals surface area contributed by atoms with E-state index in [-0.39, 0.29) is 5.95 Å². The van der Waals surface area contributed by atoms with Gasteiger partial charge in [0.2, 0.25) is 5.95 Å². The Morgan fingerprint density at radius 1 is 1.17 bits per heavy atom. The molecule has 1 aromatic carbocycles. The van der Waals surface area contributed by atoms with Crippen LogP contribution in [0.25, 0.3) is 11.4 Å². The maximum absolute atomic E-state index is 12.6. The molecule has 2 aromatic heterocycles. The van der Waals surface area contributed by atoms with Gasteiger partial charge < -0.3 is 15.2 Å². The van der Waals surface area contributed by atoms with Crippen LogP contribution < -0.4 is 15.2 Å². The van der Waals surface area contributed by atoms with Crippen molar-refractivity contribution in [2.24, 2.45) is 0 Å². The molecule has 0 aliphatic rings. The van der Waals surface area contributed by atoms with Gasteiger partial charge in [0.25, 0.3) is 5.91 Å². The number of hydrogen-bond donors (Lipinski definition) is 1. The van der Waals surface area contributed by atoms with E-state index < -0.39 is 5.91 Å². The van der Waals surface area contributed by atoms with E-state index in [2.05, 4.69) is 15.1 Å². The molecule has 0 saturated heterocycles. The molecule has 0 radical (unpaired) electrons. The molecule has 8 heteroatoms. The van der Waals surface area contributed by atoms with Gasteiger partial charge in [-0.3, -0.25) is 9.78 Å². The summed E-state index contributed by atoms with van der Waals surface area (Å²) in [7, 11) is 3.02. The van der Waals surface area contributed by atoms with Gasteiger partial charge in [-0.25, -0.2) is 0 Å². The van der Waals surface area contributed by atoms with Crippen molar-refractivity contribution >= 4 is 11.9 Å². The molecule has 0 atom stereocenters. The molecule has 3 aromatic rings. The number of methoxy groups -OCH3 is 2. The quantitative estimate of drug-likeness (QED) is 0.777. The van der Waals surface area contributed by atoms with Gasteiger partial charge in [-0.1, -0.05) is 0 Å². The molecule has 0 aliphatic heterocycles. The number of carbonyl (C=O) groups is 1. The third-order valence-electron chi connectivity index (χ3n) is 3.37. The molecule has 122 valence electrons. The van der Waals surface area contributed by atoms with Crippen LogP contribution in [0.1, 0.15) is 10.4 Å². The van der Waals surface area contributed by atoms with E-state index in [1.54, 1.807) is 42.7 Å². The monoisotopic (exact) mass is 325 g/mol. The summed E-state index contributed by atoms with van der Waals surface area (Å²) in [6.45, 7) is 0. The number of anilines is 1. The Balaban J connectivity index is 1.98. The third kappa shape index (κ3) is 2.76. The summed E-state index contributed by atoms with van der Waals surface area (Å²) in [6, 6.07) is 8.34. The van der Waals surface area contributed by atoms with Crippen molar-refractivity contribution in [1.82, 2.24) is 19.7 Å². The average Bonchev–Trinajstić information content (AvgIpc) is 3.03. The van der Waals surface area contributed by atoms with Crippen LogP contribution >= 0.6 is 0 Å². The van der Waals surface area contributed by atoms with Crippen LogP contribution in [-0.4, -0.2) is 39.9 Å². The summed E-state index contributed by atoms with van der Waals surface area (Å²) in [5.74, 6) is 0.866. The maximum Gasteiger partial charge on any atom is 0.281 e. The standard InChI is InChI=1S/C16H15N5O3/c1-23-12-6-5-10(8-13(12)24-2)15(22)21-16(17)19-14(20-21)11-4-3-7-18-9-11/h3-9H,1-2H3,(H2,17,19,20). The molecule has 0 saturated carbocycles. The van der Waals surface area contributed by atoms with E-state index in [4.69, 9.17) is 15.2 Å². The van der Waals surface area contributed by atoms with E-state index in [0.29, 0.717) is 28.5 Å². The Hall–Kier alpha value is -3.42. The van der Waals surface area contributed by atoms with Crippen molar-refractivity contribution in [3.8, 4) is 22.9 Å². The number of hydrogen-bond acceptors (Lipinski definition) is 7. The second-order valence-electron chi connectivity index (χ2n) is 4.82. The highest BCUT2D eigenvalue weighted by molar-refractivity contribution is 5.97. The minimum Gasteiger partial charge on any atom is -0.493 e. The van der Waals surface area contributed by atoms with Crippen LogP contribution in [0.2, 0.25) is 0 Å². The van der Waals surface area contributed by atoms with Gasteiger partial charge in [0, 0.05) is 23.5 Å². The van der Waals surface area contributed by atoms with Crippen molar-refractivity contribution in [2.75, 3.05) is 20.0 Å². The normalized spacial score (nSPS) is 10.4. The molecular formula is C16H15N5O3. The number of benzene rings is 1. The maximum atomic E-state index is 12.6. The van der Waals surface area contributed by atoms with Crippen molar-refractivity contribution in [3.63, 3.8) is 0 Å². The van der Waals surface area contributed by atoms with Gasteiger partial charge in [0.15, 0.2) is 17.3 Å². The molecule has 8 nitrogen and oxygen atoms in total. The number of carbonyl (C=O) groups excluding carboxylic acids is 1. The van der Waals surface area contributed by atoms with Crippen LogP contribution in [-0.2, 0) is 0 Å². The fraction of sp³-hybridized carbons (Fsp3) is 0.125. The van der Waals surface area contributed by atoms with E-state index in [1.807, 2.05) is 0 Å². The third-order valence-corrected chi connectivity index (χ3v) is 3.37. The lowest BCUT2D eigenvalue weighted by atomic mass is 10.2.